The Kier molecular flexibility index (Phi) is 6.77. The third-order valence-electron chi connectivity index (χ3n) is 5.03. The van der Waals surface area contributed by atoms with Crippen molar-refractivity contribution in [2.45, 2.75) is 33.4 Å². The number of aliphatic hydroxyl groups excluding tert-OH is 1. The maximum absolute atomic E-state index is 14.6. The summed E-state index contributed by atoms with van der Waals surface area (Å²) in [6.07, 6.45) is 0. The van der Waals surface area contributed by atoms with Crippen molar-refractivity contribution in [3.05, 3.63) is 70.8 Å². The molecule has 1 aromatic heterocycles. The van der Waals surface area contributed by atoms with Gasteiger partial charge in [-0.15, -0.1) is 0 Å². The Bertz CT molecular complexity index is 1060. The molecule has 1 N–H and O–H groups in total. The molecule has 0 aliphatic heterocycles. The van der Waals surface area contributed by atoms with Gasteiger partial charge in [0.15, 0.2) is 11.6 Å². The van der Waals surface area contributed by atoms with Gasteiger partial charge in [0.05, 0.1) is 18.2 Å². The van der Waals surface area contributed by atoms with Crippen molar-refractivity contribution in [3.63, 3.8) is 0 Å². The summed E-state index contributed by atoms with van der Waals surface area (Å²) >= 11 is 6.08. The number of nitrogens with zero attached hydrogens (tertiary/aromatic N) is 4. The second kappa shape index (κ2) is 9.16. The zero-order valence-electron chi connectivity index (χ0n) is 18.0. The second-order valence-electron chi connectivity index (χ2n) is 8.49. The van der Waals surface area contributed by atoms with Crippen LogP contribution in [0.15, 0.2) is 48.5 Å². The van der Waals surface area contributed by atoms with Gasteiger partial charge < -0.3 is 10.0 Å². The standard InChI is InChI=1S/C23H26ClFN4O2/c1-23(2,3)20(28(4)19(31)14-30)22-26-21(17-12-16(24)10-11-18(17)25)27-29(22)13-15-8-6-5-7-9-15/h5-12,20,30H,13-14H2,1-4H3/t20-/m0/s1. The van der Waals surface area contributed by atoms with E-state index >= 15 is 0 Å². The van der Waals surface area contributed by atoms with Gasteiger partial charge in [-0.25, -0.2) is 14.1 Å². The number of hydrogen-bond donors (Lipinski definition) is 1. The third-order valence-corrected chi connectivity index (χ3v) is 5.26. The topological polar surface area (TPSA) is 71.2 Å². The quantitative estimate of drug-likeness (QED) is 0.614. The van der Waals surface area contributed by atoms with Crippen LogP contribution in [-0.2, 0) is 11.3 Å². The largest absolute Gasteiger partial charge is 0.387 e. The summed E-state index contributed by atoms with van der Waals surface area (Å²) < 4.78 is 16.2. The molecule has 0 saturated heterocycles. The molecular weight excluding hydrogens is 419 g/mol. The number of halogens is 2. The summed E-state index contributed by atoms with van der Waals surface area (Å²) in [5, 5.41) is 14.4. The molecule has 3 aromatic rings. The molecule has 0 spiro atoms. The Balaban J connectivity index is 2.19. The monoisotopic (exact) mass is 444 g/mol. The smallest absolute Gasteiger partial charge is 0.248 e. The Morgan fingerprint density at radius 1 is 1.23 bits per heavy atom. The summed E-state index contributed by atoms with van der Waals surface area (Å²) in [6.45, 7) is 5.69. The van der Waals surface area contributed by atoms with E-state index in [1.165, 1.54) is 23.1 Å². The second-order valence-corrected chi connectivity index (χ2v) is 8.93. The molecule has 0 bridgehead atoms. The average Bonchev–Trinajstić information content (AvgIpc) is 3.11. The SMILES string of the molecule is CN(C(=O)CO)[C@@H](c1nc(-c2cc(Cl)ccc2F)nn1Cc1ccccc1)C(C)(C)C. The minimum Gasteiger partial charge on any atom is -0.387 e. The van der Waals surface area contributed by atoms with Crippen molar-refractivity contribution in [2.75, 3.05) is 13.7 Å². The van der Waals surface area contributed by atoms with E-state index in [-0.39, 0.29) is 11.4 Å². The van der Waals surface area contributed by atoms with Gasteiger partial charge in [0.25, 0.3) is 0 Å². The molecular formula is C23H26ClFN4O2. The van der Waals surface area contributed by atoms with Crippen LogP contribution < -0.4 is 0 Å². The lowest BCUT2D eigenvalue weighted by molar-refractivity contribution is -0.137. The van der Waals surface area contributed by atoms with Crippen molar-refractivity contribution in [2.24, 2.45) is 5.41 Å². The Labute approximate surface area is 186 Å². The van der Waals surface area contributed by atoms with Crippen LogP contribution in [0.2, 0.25) is 5.02 Å². The van der Waals surface area contributed by atoms with E-state index in [4.69, 9.17) is 11.6 Å². The number of hydrogen-bond acceptors (Lipinski definition) is 4. The maximum atomic E-state index is 14.6. The number of carbonyl (C=O) groups excluding carboxylic acids is 1. The third kappa shape index (κ3) is 5.11. The minimum absolute atomic E-state index is 0.185. The first kappa shape index (κ1) is 22.9. The van der Waals surface area contributed by atoms with Crippen LogP contribution in [-0.4, -0.2) is 44.3 Å². The molecule has 1 amide bonds. The minimum atomic E-state index is -0.619. The zero-order valence-corrected chi connectivity index (χ0v) is 18.8. The first-order valence-electron chi connectivity index (χ1n) is 9.92. The van der Waals surface area contributed by atoms with E-state index in [1.54, 1.807) is 11.7 Å². The molecule has 0 saturated carbocycles. The fourth-order valence-electron chi connectivity index (χ4n) is 3.61. The molecule has 6 nitrogen and oxygen atoms in total. The van der Waals surface area contributed by atoms with Crippen molar-refractivity contribution < 1.29 is 14.3 Å². The highest BCUT2D eigenvalue weighted by atomic mass is 35.5. The van der Waals surface area contributed by atoms with Gasteiger partial charge in [-0.1, -0.05) is 62.7 Å². The molecule has 0 fully saturated rings. The molecule has 8 heteroatoms. The summed E-state index contributed by atoms with van der Waals surface area (Å²) in [7, 11) is 1.62. The van der Waals surface area contributed by atoms with Crippen molar-refractivity contribution >= 4 is 17.5 Å². The lowest BCUT2D eigenvalue weighted by Crippen LogP contribution is -2.41. The normalized spacial score (nSPS) is 12.6. The van der Waals surface area contributed by atoms with Crippen LogP contribution in [0.1, 0.15) is 38.2 Å². The molecule has 1 heterocycles. The van der Waals surface area contributed by atoms with E-state index in [0.29, 0.717) is 17.4 Å². The number of rotatable bonds is 6. The van der Waals surface area contributed by atoms with Crippen LogP contribution in [0.3, 0.4) is 0 Å². The highest BCUT2D eigenvalue weighted by Crippen LogP contribution is 2.38. The summed E-state index contributed by atoms with van der Waals surface area (Å²) in [5.74, 6) is -0.246. The summed E-state index contributed by atoms with van der Waals surface area (Å²) in [4.78, 5) is 18.5. The molecule has 3 rings (SSSR count). The number of carbonyl (C=O) groups is 1. The van der Waals surface area contributed by atoms with E-state index in [2.05, 4.69) is 10.1 Å². The molecule has 0 aliphatic carbocycles. The van der Waals surface area contributed by atoms with E-state index in [0.717, 1.165) is 5.56 Å². The van der Waals surface area contributed by atoms with Gasteiger partial charge in [0, 0.05) is 12.1 Å². The van der Waals surface area contributed by atoms with Gasteiger partial charge in [0.1, 0.15) is 12.4 Å². The Morgan fingerprint density at radius 2 is 1.90 bits per heavy atom. The first-order valence-corrected chi connectivity index (χ1v) is 10.3. The summed E-state index contributed by atoms with van der Waals surface area (Å²) in [6, 6.07) is 13.4. The van der Waals surface area contributed by atoms with E-state index in [9.17, 15) is 14.3 Å². The number of benzene rings is 2. The molecule has 1 atom stereocenters. The molecule has 0 radical (unpaired) electrons. The number of likely N-dealkylation sites (N-methyl/N-ethyl adjacent to an activating group) is 1. The van der Waals surface area contributed by atoms with Gasteiger partial charge in [-0.3, -0.25) is 4.79 Å². The highest BCUT2D eigenvalue weighted by Gasteiger charge is 2.37. The van der Waals surface area contributed by atoms with E-state index in [1.807, 2.05) is 51.1 Å². The Hall–Kier alpha value is -2.77. The number of amides is 1. The fourth-order valence-corrected chi connectivity index (χ4v) is 3.78. The molecule has 0 aliphatic rings. The average molecular weight is 445 g/mol. The van der Waals surface area contributed by atoms with Crippen LogP contribution in [0.4, 0.5) is 4.39 Å². The van der Waals surface area contributed by atoms with Gasteiger partial charge in [-0.2, -0.15) is 5.10 Å². The van der Waals surface area contributed by atoms with Gasteiger partial charge >= 0.3 is 0 Å². The molecule has 164 valence electrons. The summed E-state index contributed by atoms with van der Waals surface area (Å²) in [5.41, 5.74) is 0.727. The van der Waals surface area contributed by atoms with Crippen LogP contribution in [0.25, 0.3) is 11.4 Å². The Morgan fingerprint density at radius 3 is 2.52 bits per heavy atom. The first-order chi connectivity index (χ1) is 14.6. The fraction of sp³-hybridized carbons (Fsp3) is 0.348. The number of aliphatic hydroxyl groups is 1. The zero-order chi connectivity index (χ0) is 22.8. The maximum Gasteiger partial charge on any atom is 0.248 e. The van der Waals surface area contributed by atoms with Crippen molar-refractivity contribution in [1.82, 2.24) is 19.7 Å². The molecule has 2 aromatic carbocycles. The van der Waals surface area contributed by atoms with Crippen molar-refractivity contribution in [3.8, 4) is 11.4 Å². The lowest BCUT2D eigenvalue weighted by Gasteiger charge is -2.37. The predicted molar refractivity (Wildman–Crippen MR) is 118 cm³/mol. The molecule has 0 unspecified atom stereocenters. The van der Waals surface area contributed by atoms with E-state index < -0.39 is 29.8 Å². The highest BCUT2D eigenvalue weighted by molar-refractivity contribution is 6.30. The lowest BCUT2D eigenvalue weighted by atomic mass is 9.85. The molecule has 31 heavy (non-hydrogen) atoms. The predicted octanol–water partition coefficient (Wildman–Crippen LogP) is 4.32. The number of aromatic nitrogens is 3. The van der Waals surface area contributed by atoms with Crippen molar-refractivity contribution in [1.29, 1.82) is 0 Å². The van der Waals surface area contributed by atoms with Gasteiger partial charge in [0.2, 0.25) is 5.91 Å². The van der Waals surface area contributed by atoms with Crippen LogP contribution >= 0.6 is 11.6 Å². The van der Waals surface area contributed by atoms with Gasteiger partial charge in [-0.05, 0) is 29.2 Å². The van der Waals surface area contributed by atoms with Crippen LogP contribution in [0, 0.1) is 11.2 Å². The van der Waals surface area contributed by atoms with Crippen LogP contribution in [0.5, 0.6) is 0 Å².